The van der Waals surface area contributed by atoms with Crippen molar-refractivity contribution >= 4 is 0 Å². The number of phenolic OH excluding ortho intramolecular Hbond substituents is 1. The molecule has 1 aliphatic rings. The fourth-order valence-corrected chi connectivity index (χ4v) is 3.05. The third kappa shape index (κ3) is 2.79. The Bertz CT molecular complexity index is 668. The summed E-state index contributed by atoms with van der Waals surface area (Å²) in [5.74, 6) is 0.168. The SMILES string of the molecule is Cc1ccc(C(C)NC2CCc3cc(O)ccc32)cc1F. The largest absolute Gasteiger partial charge is 0.508 e. The molecule has 2 atom stereocenters. The molecular formula is C18H20FNO. The van der Waals surface area contributed by atoms with Gasteiger partial charge in [-0.25, -0.2) is 4.39 Å². The lowest BCUT2D eigenvalue weighted by atomic mass is 10.0. The van der Waals surface area contributed by atoms with Crippen LogP contribution in [0.2, 0.25) is 0 Å². The minimum Gasteiger partial charge on any atom is -0.508 e. The molecule has 21 heavy (non-hydrogen) atoms. The van der Waals surface area contributed by atoms with Crippen molar-refractivity contribution in [2.75, 3.05) is 0 Å². The Morgan fingerprint density at radius 2 is 2.05 bits per heavy atom. The number of benzene rings is 2. The van der Waals surface area contributed by atoms with Gasteiger partial charge in [0.05, 0.1) is 0 Å². The third-order valence-corrected chi connectivity index (χ3v) is 4.35. The van der Waals surface area contributed by atoms with Crippen LogP contribution in [0.1, 0.15) is 47.7 Å². The lowest BCUT2D eigenvalue weighted by Gasteiger charge is -2.21. The molecule has 3 rings (SSSR count). The topological polar surface area (TPSA) is 32.3 Å². The highest BCUT2D eigenvalue weighted by molar-refractivity contribution is 5.40. The maximum absolute atomic E-state index is 13.7. The summed E-state index contributed by atoms with van der Waals surface area (Å²) in [7, 11) is 0. The Kier molecular flexibility index (Phi) is 3.68. The van der Waals surface area contributed by atoms with Crippen molar-refractivity contribution in [3.63, 3.8) is 0 Å². The second-order valence-electron chi connectivity index (χ2n) is 5.87. The molecule has 0 bridgehead atoms. The quantitative estimate of drug-likeness (QED) is 0.886. The van der Waals surface area contributed by atoms with Gasteiger partial charge in [-0.2, -0.15) is 0 Å². The Balaban J connectivity index is 1.77. The van der Waals surface area contributed by atoms with Crippen molar-refractivity contribution in [2.45, 2.75) is 38.8 Å². The van der Waals surface area contributed by atoms with Crippen molar-refractivity contribution in [3.8, 4) is 5.75 Å². The molecule has 0 amide bonds. The van der Waals surface area contributed by atoms with Crippen molar-refractivity contribution in [3.05, 3.63) is 64.5 Å². The molecule has 0 aliphatic heterocycles. The summed E-state index contributed by atoms with van der Waals surface area (Å²) in [5.41, 5.74) is 4.08. The van der Waals surface area contributed by atoms with Crippen LogP contribution in [-0.4, -0.2) is 5.11 Å². The first-order chi connectivity index (χ1) is 10.0. The van der Waals surface area contributed by atoms with Gasteiger partial charge in [-0.15, -0.1) is 0 Å². The number of aryl methyl sites for hydroxylation is 2. The Hall–Kier alpha value is -1.87. The molecule has 2 nitrogen and oxygen atoms in total. The van der Waals surface area contributed by atoms with Gasteiger partial charge in [0.25, 0.3) is 0 Å². The van der Waals surface area contributed by atoms with Crippen LogP contribution in [0.5, 0.6) is 5.75 Å². The average Bonchev–Trinajstić information content (AvgIpc) is 2.84. The van der Waals surface area contributed by atoms with Gasteiger partial charge in [-0.1, -0.05) is 18.2 Å². The van der Waals surface area contributed by atoms with Crippen molar-refractivity contribution in [2.24, 2.45) is 0 Å². The molecule has 1 aliphatic carbocycles. The fraction of sp³-hybridized carbons (Fsp3) is 0.333. The van der Waals surface area contributed by atoms with Gasteiger partial charge in [0.15, 0.2) is 0 Å². The predicted molar refractivity (Wildman–Crippen MR) is 81.9 cm³/mol. The summed E-state index contributed by atoms with van der Waals surface area (Å²) in [5, 5.41) is 13.1. The number of aromatic hydroxyl groups is 1. The first-order valence-corrected chi connectivity index (χ1v) is 7.38. The van der Waals surface area contributed by atoms with Crippen LogP contribution in [0, 0.1) is 12.7 Å². The third-order valence-electron chi connectivity index (χ3n) is 4.35. The van der Waals surface area contributed by atoms with E-state index < -0.39 is 0 Å². The number of nitrogens with one attached hydrogen (secondary N) is 1. The van der Waals surface area contributed by atoms with Gasteiger partial charge >= 0.3 is 0 Å². The van der Waals surface area contributed by atoms with Crippen molar-refractivity contribution in [1.82, 2.24) is 5.32 Å². The van der Waals surface area contributed by atoms with Gasteiger partial charge in [-0.05, 0) is 67.1 Å². The molecule has 0 radical (unpaired) electrons. The highest BCUT2D eigenvalue weighted by Crippen LogP contribution is 2.34. The molecule has 0 fully saturated rings. The highest BCUT2D eigenvalue weighted by Gasteiger charge is 2.24. The minimum atomic E-state index is -0.155. The Morgan fingerprint density at radius 1 is 1.24 bits per heavy atom. The molecule has 0 saturated heterocycles. The summed E-state index contributed by atoms with van der Waals surface area (Å²) in [4.78, 5) is 0. The number of hydrogen-bond acceptors (Lipinski definition) is 2. The van der Waals surface area contributed by atoms with E-state index in [1.54, 1.807) is 19.1 Å². The van der Waals surface area contributed by atoms with Crippen molar-refractivity contribution < 1.29 is 9.50 Å². The first-order valence-electron chi connectivity index (χ1n) is 7.38. The smallest absolute Gasteiger partial charge is 0.126 e. The van der Waals surface area contributed by atoms with Gasteiger partial charge < -0.3 is 10.4 Å². The summed E-state index contributed by atoms with van der Waals surface area (Å²) < 4.78 is 13.7. The fourth-order valence-electron chi connectivity index (χ4n) is 3.05. The molecule has 2 aromatic rings. The van der Waals surface area contributed by atoms with E-state index in [1.165, 1.54) is 11.1 Å². The van der Waals surface area contributed by atoms with E-state index in [0.717, 1.165) is 18.4 Å². The maximum Gasteiger partial charge on any atom is 0.126 e. The maximum atomic E-state index is 13.7. The monoisotopic (exact) mass is 285 g/mol. The molecule has 2 N–H and O–H groups in total. The van der Waals surface area contributed by atoms with Crippen molar-refractivity contribution in [1.29, 1.82) is 0 Å². The van der Waals surface area contributed by atoms with E-state index in [4.69, 9.17) is 0 Å². The van der Waals surface area contributed by atoms with Gasteiger partial charge in [0.1, 0.15) is 11.6 Å². The molecule has 0 heterocycles. The standard InChI is InChI=1S/C18H20FNO/c1-11-3-4-13(10-17(11)19)12(2)20-18-8-5-14-9-15(21)6-7-16(14)18/h3-4,6-7,9-10,12,18,20-21H,5,8H2,1-2H3. The molecule has 110 valence electrons. The molecule has 0 spiro atoms. The lowest BCUT2D eigenvalue weighted by Crippen LogP contribution is -2.23. The number of rotatable bonds is 3. The molecule has 2 aromatic carbocycles. The number of hydrogen-bond donors (Lipinski definition) is 2. The second-order valence-corrected chi connectivity index (χ2v) is 5.87. The molecule has 0 aromatic heterocycles. The molecule has 2 unspecified atom stereocenters. The van der Waals surface area contributed by atoms with Crippen LogP contribution in [0.15, 0.2) is 36.4 Å². The van der Waals surface area contributed by atoms with Crippen LogP contribution < -0.4 is 5.32 Å². The normalized spacial score (nSPS) is 18.5. The van der Waals surface area contributed by atoms with Gasteiger partial charge in [-0.3, -0.25) is 0 Å². The zero-order valence-electron chi connectivity index (χ0n) is 12.4. The zero-order valence-corrected chi connectivity index (χ0v) is 12.4. The van der Waals surface area contributed by atoms with Gasteiger partial charge in [0, 0.05) is 12.1 Å². The Morgan fingerprint density at radius 3 is 2.81 bits per heavy atom. The van der Waals surface area contributed by atoms with E-state index in [0.29, 0.717) is 11.3 Å². The van der Waals surface area contributed by atoms with Crippen LogP contribution in [0.4, 0.5) is 4.39 Å². The van der Waals surface area contributed by atoms with Crippen LogP contribution in [-0.2, 0) is 6.42 Å². The molecule has 0 saturated carbocycles. The summed E-state index contributed by atoms with van der Waals surface area (Å²) in [6.45, 7) is 3.83. The predicted octanol–water partition coefficient (Wildman–Crippen LogP) is 4.18. The lowest BCUT2D eigenvalue weighted by molar-refractivity contribution is 0.462. The van der Waals surface area contributed by atoms with E-state index >= 15 is 0 Å². The summed E-state index contributed by atoms with van der Waals surface area (Å²) in [6, 6.07) is 11.3. The first kappa shape index (κ1) is 14.1. The summed E-state index contributed by atoms with van der Waals surface area (Å²) >= 11 is 0. The zero-order chi connectivity index (χ0) is 15.0. The molecular weight excluding hydrogens is 265 g/mol. The number of halogens is 1. The van der Waals surface area contributed by atoms with Crippen LogP contribution in [0.25, 0.3) is 0 Å². The minimum absolute atomic E-state index is 0.0878. The number of fused-ring (bicyclic) bond motifs is 1. The van der Waals surface area contributed by atoms with Crippen LogP contribution in [0.3, 0.4) is 0 Å². The summed E-state index contributed by atoms with van der Waals surface area (Å²) in [6.07, 6.45) is 1.98. The van der Waals surface area contributed by atoms with Crippen LogP contribution >= 0.6 is 0 Å². The molecule has 3 heteroatoms. The van der Waals surface area contributed by atoms with E-state index in [2.05, 4.69) is 12.2 Å². The van der Waals surface area contributed by atoms with E-state index in [1.807, 2.05) is 24.3 Å². The van der Waals surface area contributed by atoms with Gasteiger partial charge in [0.2, 0.25) is 0 Å². The Labute approximate surface area is 124 Å². The highest BCUT2D eigenvalue weighted by atomic mass is 19.1. The van der Waals surface area contributed by atoms with E-state index in [9.17, 15) is 9.50 Å². The number of phenols is 1. The second kappa shape index (κ2) is 5.49. The average molecular weight is 285 g/mol. The van der Waals surface area contributed by atoms with E-state index in [-0.39, 0.29) is 17.9 Å².